The highest BCUT2D eigenvalue weighted by Gasteiger charge is 2.22. The van der Waals surface area contributed by atoms with Gasteiger partial charge in [0.15, 0.2) is 5.16 Å². The van der Waals surface area contributed by atoms with Crippen molar-refractivity contribution >= 4 is 34.3 Å². The standard InChI is InChI=1S/C24H25N5O2S/c1-16-7-9-18(10-8-16)28-22(31)19-5-3-4-6-20(19)29-23(28)25-26-24(29)32-15-21(30)27-13-11-17(2)12-14-27/h3-10,17H,11-15H2,1-2H3. The summed E-state index contributed by atoms with van der Waals surface area (Å²) in [5, 5.41) is 9.91. The highest BCUT2D eigenvalue weighted by Crippen LogP contribution is 2.24. The summed E-state index contributed by atoms with van der Waals surface area (Å²) >= 11 is 1.37. The predicted octanol–water partition coefficient (Wildman–Crippen LogP) is 3.69. The van der Waals surface area contributed by atoms with E-state index in [1.807, 2.05) is 64.8 Å². The third-order valence-electron chi connectivity index (χ3n) is 6.15. The van der Waals surface area contributed by atoms with Gasteiger partial charge in [-0.3, -0.25) is 14.0 Å². The van der Waals surface area contributed by atoms with Crippen LogP contribution in [0.2, 0.25) is 0 Å². The Hall–Kier alpha value is -3.13. The van der Waals surface area contributed by atoms with Gasteiger partial charge in [-0.05, 0) is 49.9 Å². The number of carbonyl (C=O) groups is 1. The lowest BCUT2D eigenvalue weighted by atomic mass is 9.99. The predicted molar refractivity (Wildman–Crippen MR) is 127 cm³/mol. The zero-order valence-corrected chi connectivity index (χ0v) is 19.0. The number of aryl methyl sites for hydroxylation is 1. The minimum Gasteiger partial charge on any atom is -0.342 e. The van der Waals surface area contributed by atoms with Gasteiger partial charge in [-0.2, -0.15) is 0 Å². The number of hydrogen-bond donors (Lipinski definition) is 0. The van der Waals surface area contributed by atoms with E-state index >= 15 is 0 Å². The summed E-state index contributed by atoms with van der Waals surface area (Å²) in [6, 6.07) is 15.2. The van der Waals surface area contributed by atoms with Gasteiger partial charge in [0.25, 0.3) is 5.56 Å². The van der Waals surface area contributed by atoms with E-state index < -0.39 is 0 Å². The van der Waals surface area contributed by atoms with Gasteiger partial charge in [0.05, 0.1) is 22.3 Å². The molecular weight excluding hydrogens is 422 g/mol. The molecule has 8 heteroatoms. The van der Waals surface area contributed by atoms with Crippen LogP contribution in [0.4, 0.5) is 0 Å². The van der Waals surface area contributed by atoms with Crippen LogP contribution in [0.3, 0.4) is 0 Å². The second kappa shape index (κ2) is 8.43. The Balaban J connectivity index is 1.56. The summed E-state index contributed by atoms with van der Waals surface area (Å²) < 4.78 is 3.47. The number of piperidine rings is 1. The smallest absolute Gasteiger partial charge is 0.267 e. The number of nitrogens with zero attached hydrogens (tertiary/aromatic N) is 5. The molecule has 7 nitrogen and oxygen atoms in total. The number of para-hydroxylation sites is 1. The fourth-order valence-corrected chi connectivity index (χ4v) is 5.02. The zero-order valence-electron chi connectivity index (χ0n) is 18.2. The summed E-state index contributed by atoms with van der Waals surface area (Å²) in [6.07, 6.45) is 2.11. The van der Waals surface area contributed by atoms with Crippen molar-refractivity contribution in [1.82, 2.24) is 24.1 Å². The molecular formula is C24H25N5O2S. The first kappa shape index (κ1) is 20.8. The molecule has 1 aliphatic heterocycles. The molecule has 5 rings (SSSR count). The first-order valence-electron chi connectivity index (χ1n) is 10.9. The van der Waals surface area contributed by atoms with Crippen molar-refractivity contribution in [3.63, 3.8) is 0 Å². The van der Waals surface area contributed by atoms with Crippen LogP contribution in [0.5, 0.6) is 0 Å². The van der Waals surface area contributed by atoms with Crippen molar-refractivity contribution in [3.8, 4) is 5.69 Å². The van der Waals surface area contributed by atoms with Gasteiger partial charge in [0.2, 0.25) is 11.7 Å². The summed E-state index contributed by atoms with van der Waals surface area (Å²) in [6.45, 7) is 5.88. The molecule has 2 aromatic carbocycles. The van der Waals surface area contributed by atoms with Crippen LogP contribution >= 0.6 is 11.8 Å². The lowest BCUT2D eigenvalue weighted by Crippen LogP contribution is -2.38. The van der Waals surface area contributed by atoms with Crippen molar-refractivity contribution in [2.24, 2.45) is 5.92 Å². The molecule has 1 aliphatic rings. The first-order valence-corrected chi connectivity index (χ1v) is 11.9. The number of thioether (sulfide) groups is 1. The highest BCUT2D eigenvalue weighted by atomic mass is 32.2. The first-order chi connectivity index (χ1) is 15.5. The molecule has 3 heterocycles. The number of hydrogen-bond acceptors (Lipinski definition) is 5. The highest BCUT2D eigenvalue weighted by molar-refractivity contribution is 7.99. The Morgan fingerprint density at radius 3 is 2.53 bits per heavy atom. The van der Waals surface area contributed by atoms with Gasteiger partial charge in [-0.15, -0.1) is 10.2 Å². The molecule has 0 saturated carbocycles. The summed E-state index contributed by atoms with van der Waals surface area (Å²) in [4.78, 5) is 28.1. The van der Waals surface area contributed by atoms with Gasteiger partial charge >= 0.3 is 0 Å². The lowest BCUT2D eigenvalue weighted by molar-refractivity contribution is -0.129. The Kier molecular flexibility index (Phi) is 5.46. The van der Waals surface area contributed by atoms with Crippen molar-refractivity contribution in [3.05, 3.63) is 64.4 Å². The van der Waals surface area contributed by atoms with Gasteiger partial charge < -0.3 is 4.90 Å². The molecule has 0 unspecified atom stereocenters. The van der Waals surface area contributed by atoms with E-state index in [0.717, 1.165) is 42.7 Å². The largest absolute Gasteiger partial charge is 0.342 e. The molecule has 0 spiro atoms. The topological polar surface area (TPSA) is 72.5 Å². The maximum Gasteiger partial charge on any atom is 0.267 e. The van der Waals surface area contributed by atoms with Crippen LogP contribution in [0.25, 0.3) is 22.4 Å². The molecule has 0 aliphatic carbocycles. The molecule has 32 heavy (non-hydrogen) atoms. The quantitative estimate of drug-likeness (QED) is 0.446. The SMILES string of the molecule is Cc1ccc(-n2c(=O)c3ccccc3n3c(SCC(=O)N4CCC(C)CC4)nnc23)cc1. The second-order valence-electron chi connectivity index (χ2n) is 8.46. The van der Waals surface area contributed by atoms with Crippen LogP contribution in [0, 0.1) is 12.8 Å². The van der Waals surface area contributed by atoms with Gasteiger partial charge in [-0.1, -0.05) is 48.5 Å². The molecule has 1 amide bonds. The third kappa shape index (κ3) is 3.68. The number of fused-ring (bicyclic) bond motifs is 3. The fourth-order valence-electron chi connectivity index (χ4n) is 4.17. The number of amides is 1. The molecule has 1 saturated heterocycles. The maximum atomic E-state index is 13.4. The van der Waals surface area contributed by atoms with Crippen molar-refractivity contribution in [2.75, 3.05) is 18.8 Å². The Bertz CT molecular complexity index is 1350. The summed E-state index contributed by atoms with van der Waals surface area (Å²) in [5.41, 5.74) is 2.45. The van der Waals surface area contributed by atoms with E-state index in [1.54, 1.807) is 4.57 Å². The maximum absolute atomic E-state index is 13.4. The van der Waals surface area contributed by atoms with Crippen LogP contribution in [-0.2, 0) is 4.79 Å². The van der Waals surface area contributed by atoms with E-state index in [2.05, 4.69) is 17.1 Å². The summed E-state index contributed by atoms with van der Waals surface area (Å²) in [5.74, 6) is 1.54. The van der Waals surface area contributed by atoms with Gasteiger partial charge in [-0.25, -0.2) is 4.57 Å². The van der Waals surface area contributed by atoms with Crippen molar-refractivity contribution in [1.29, 1.82) is 0 Å². The fraction of sp³-hybridized carbons (Fsp3) is 0.333. The van der Waals surface area contributed by atoms with E-state index in [1.165, 1.54) is 11.8 Å². The van der Waals surface area contributed by atoms with Crippen LogP contribution in [0.15, 0.2) is 58.5 Å². The number of likely N-dealkylation sites (tertiary alicyclic amines) is 1. The monoisotopic (exact) mass is 447 g/mol. The average molecular weight is 448 g/mol. The average Bonchev–Trinajstić information content (AvgIpc) is 3.23. The normalized spacial score (nSPS) is 15.0. The Morgan fingerprint density at radius 2 is 1.78 bits per heavy atom. The third-order valence-corrected chi connectivity index (χ3v) is 7.06. The Labute approximate surface area is 190 Å². The molecule has 164 valence electrons. The molecule has 2 aromatic heterocycles. The molecule has 0 atom stereocenters. The van der Waals surface area contributed by atoms with E-state index in [0.29, 0.717) is 28.0 Å². The van der Waals surface area contributed by atoms with Gasteiger partial charge in [0, 0.05) is 13.1 Å². The lowest BCUT2D eigenvalue weighted by Gasteiger charge is -2.30. The number of rotatable bonds is 4. The van der Waals surface area contributed by atoms with Crippen molar-refractivity contribution < 1.29 is 4.79 Å². The number of aromatic nitrogens is 4. The van der Waals surface area contributed by atoms with E-state index in [-0.39, 0.29) is 11.5 Å². The molecule has 0 bridgehead atoms. The van der Waals surface area contributed by atoms with Crippen LogP contribution in [0.1, 0.15) is 25.3 Å². The molecule has 0 N–H and O–H groups in total. The molecule has 1 fully saturated rings. The summed E-state index contributed by atoms with van der Waals surface area (Å²) in [7, 11) is 0. The minimum atomic E-state index is -0.139. The van der Waals surface area contributed by atoms with Crippen LogP contribution in [-0.4, -0.2) is 48.8 Å². The number of benzene rings is 2. The molecule has 4 aromatic rings. The minimum absolute atomic E-state index is 0.120. The number of carbonyl (C=O) groups excluding carboxylic acids is 1. The second-order valence-corrected chi connectivity index (χ2v) is 9.41. The zero-order chi connectivity index (χ0) is 22.2. The van der Waals surface area contributed by atoms with E-state index in [4.69, 9.17) is 0 Å². The van der Waals surface area contributed by atoms with Crippen LogP contribution < -0.4 is 5.56 Å². The van der Waals surface area contributed by atoms with Crippen molar-refractivity contribution in [2.45, 2.75) is 31.8 Å². The van der Waals surface area contributed by atoms with Gasteiger partial charge in [0.1, 0.15) is 0 Å². The molecule has 0 radical (unpaired) electrons. The Morgan fingerprint density at radius 1 is 1.06 bits per heavy atom. The van der Waals surface area contributed by atoms with E-state index in [9.17, 15) is 9.59 Å².